The van der Waals surface area contributed by atoms with Crippen LogP contribution in [0, 0.1) is 29.6 Å². The molecule has 0 aromatic heterocycles. The molecule has 3 saturated carbocycles. The number of aliphatic hydroxyl groups is 2. The Morgan fingerprint density at radius 2 is 1.89 bits per heavy atom. The van der Waals surface area contributed by atoms with Crippen molar-refractivity contribution in [3.8, 4) is 5.75 Å². The van der Waals surface area contributed by atoms with E-state index >= 15 is 8.78 Å². The fourth-order valence-corrected chi connectivity index (χ4v) is 9.63. The zero-order valence-corrected chi connectivity index (χ0v) is 25.5. The van der Waals surface area contributed by atoms with Gasteiger partial charge in [0.1, 0.15) is 18.5 Å². The van der Waals surface area contributed by atoms with Crippen LogP contribution >= 0.6 is 0 Å². The Hall–Kier alpha value is -3.24. The van der Waals surface area contributed by atoms with Gasteiger partial charge in [0.25, 0.3) is 0 Å². The fraction of sp³-hybridized carbons (Fsp3) is 0.500. The van der Waals surface area contributed by atoms with Crippen LogP contribution in [0.15, 0.2) is 66.3 Å². The number of phenolic OH excluding ortho intramolecular Hbond substituents is 1. The van der Waals surface area contributed by atoms with Crippen LogP contribution in [0.3, 0.4) is 0 Å². The highest BCUT2D eigenvalue weighted by Crippen LogP contribution is 2.72. The number of alkyl halides is 2. The number of allylic oxidation sites excluding steroid dienone is 4. The molecule has 0 radical (unpaired) electrons. The van der Waals surface area contributed by atoms with Gasteiger partial charge in [-0.15, -0.1) is 0 Å². The van der Waals surface area contributed by atoms with E-state index in [1.807, 2.05) is 31.2 Å². The van der Waals surface area contributed by atoms with E-state index in [0.29, 0.717) is 17.5 Å². The number of Topliss-reactive ketones (excluding diaryl/α,β-unsaturated/α-hetero) is 1. The molecule has 3 N–H and O–H groups in total. The van der Waals surface area contributed by atoms with E-state index < -0.39 is 76.8 Å². The van der Waals surface area contributed by atoms with Crippen LogP contribution in [0.5, 0.6) is 5.75 Å². The molecule has 5 aliphatic rings. The summed E-state index contributed by atoms with van der Waals surface area (Å²) in [6, 6.07) is 13.1. The van der Waals surface area contributed by atoms with E-state index in [1.54, 1.807) is 19.1 Å². The number of fused-ring (bicyclic) bond motifs is 7. The lowest BCUT2D eigenvalue weighted by Gasteiger charge is -2.63. The van der Waals surface area contributed by atoms with Gasteiger partial charge in [-0.3, -0.25) is 9.59 Å². The zero-order valence-electron chi connectivity index (χ0n) is 25.5. The second-order valence-electron chi connectivity index (χ2n) is 14.0. The van der Waals surface area contributed by atoms with Gasteiger partial charge in [0.2, 0.25) is 0 Å². The molecule has 0 spiro atoms. The van der Waals surface area contributed by atoms with Crippen LogP contribution in [-0.4, -0.2) is 63.1 Å². The number of carbonyl (C=O) groups is 2. The summed E-state index contributed by atoms with van der Waals surface area (Å²) >= 11 is 0. The Bertz CT molecular complexity index is 1650. The molecule has 2 aromatic rings. The number of aromatic hydroxyl groups is 1. The summed E-state index contributed by atoms with van der Waals surface area (Å²) in [6.07, 6.45) is -1.32. The van der Waals surface area contributed by atoms with Crippen molar-refractivity contribution >= 4 is 11.6 Å². The second kappa shape index (κ2) is 10.1. The number of halogens is 2. The highest BCUT2D eigenvalue weighted by molar-refractivity contribution is 6.01. The van der Waals surface area contributed by atoms with Gasteiger partial charge in [-0.2, -0.15) is 0 Å². The first kappa shape index (κ1) is 30.4. The maximum absolute atomic E-state index is 17.6. The van der Waals surface area contributed by atoms with Gasteiger partial charge in [-0.25, -0.2) is 8.78 Å². The van der Waals surface area contributed by atoms with E-state index in [4.69, 9.17) is 9.47 Å². The van der Waals surface area contributed by atoms with Crippen LogP contribution in [0.4, 0.5) is 8.78 Å². The van der Waals surface area contributed by atoms with Crippen molar-refractivity contribution in [1.82, 2.24) is 0 Å². The predicted molar refractivity (Wildman–Crippen MR) is 160 cm³/mol. The second-order valence-corrected chi connectivity index (χ2v) is 14.0. The maximum atomic E-state index is 17.6. The number of benzene rings is 2. The Balaban J connectivity index is 1.23. The quantitative estimate of drug-likeness (QED) is 0.434. The van der Waals surface area contributed by atoms with Crippen molar-refractivity contribution in [2.24, 2.45) is 22.7 Å². The molecule has 10 atom stereocenters. The number of hydrogen-bond donors (Lipinski definition) is 3. The van der Waals surface area contributed by atoms with E-state index in [-0.39, 0.29) is 30.6 Å². The van der Waals surface area contributed by atoms with Gasteiger partial charge >= 0.3 is 0 Å². The Morgan fingerprint density at radius 1 is 1.11 bits per heavy atom. The highest BCUT2D eigenvalue weighted by Gasteiger charge is 2.80. The molecule has 1 saturated heterocycles. The molecular formula is C36H38F2O7. The van der Waals surface area contributed by atoms with Crippen LogP contribution < -0.4 is 0 Å². The minimum Gasteiger partial charge on any atom is -0.508 e. The normalized spacial score (nSPS) is 41.6. The summed E-state index contributed by atoms with van der Waals surface area (Å²) in [5.74, 6) is -2.70. The highest BCUT2D eigenvalue weighted by atomic mass is 19.1. The molecular weight excluding hydrogens is 582 g/mol. The van der Waals surface area contributed by atoms with E-state index in [2.05, 4.69) is 0 Å². The smallest absolute Gasteiger partial charge is 0.193 e. The van der Waals surface area contributed by atoms with Crippen molar-refractivity contribution in [3.05, 3.63) is 88.5 Å². The Kier molecular flexibility index (Phi) is 6.85. The topological polar surface area (TPSA) is 113 Å². The summed E-state index contributed by atoms with van der Waals surface area (Å²) in [5.41, 5.74) is -3.49. The Labute approximate surface area is 260 Å². The molecule has 4 fully saturated rings. The van der Waals surface area contributed by atoms with Crippen molar-refractivity contribution in [1.29, 1.82) is 0 Å². The molecule has 45 heavy (non-hydrogen) atoms. The SMILES string of the molecule is Cc1cccc(Cc2ccc([C@@H]3O[C@@H]4C[C@H]5[C@@H]6C[C@H](F)C7=CC(=O)C=C[C@]7(C)[C@@]6(F)[C@@H](O)C[C@]5(C)[C@]4(C(=O)CO)O3)cc2O)c1. The van der Waals surface area contributed by atoms with Crippen molar-refractivity contribution in [3.63, 3.8) is 0 Å². The van der Waals surface area contributed by atoms with Crippen LogP contribution in [0.1, 0.15) is 61.7 Å². The van der Waals surface area contributed by atoms with Crippen LogP contribution in [-0.2, 0) is 25.5 Å². The molecule has 0 unspecified atom stereocenters. The molecule has 1 aliphatic heterocycles. The lowest BCUT2D eigenvalue weighted by Crippen LogP contribution is -2.70. The van der Waals surface area contributed by atoms with Gasteiger partial charge in [0.05, 0.1) is 12.2 Å². The number of aryl methyl sites for hydroxylation is 1. The summed E-state index contributed by atoms with van der Waals surface area (Å²) in [7, 11) is 0. The van der Waals surface area contributed by atoms with Gasteiger partial charge in [0.15, 0.2) is 29.1 Å². The minimum atomic E-state index is -2.32. The average Bonchev–Trinajstić information content (AvgIpc) is 3.50. The molecule has 0 amide bonds. The zero-order chi connectivity index (χ0) is 32.1. The first-order valence-corrected chi connectivity index (χ1v) is 15.6. The summed E-state index contributed by atoms with van der Waals surface area (Å²) in [6.45, 7) is 4.40. The number of carbonyl (C=O) groups excluding carboxylic acids is 2. The standard InChI is InChI=1S/C36H38F2O7/c1-19-5-4-6-20(11-19)12-21-7-8-22(13-28(21)41)32-44-31-16-24-25-15-27(37)26-14-23(40)9-10-33(26,2)35(25,38)29(42)17-34(24,3)36(31,45-32)30(43)18-39/h4-11,13-14,24-25,27,29,31-32,39,41-42H,12,15-18H2,1-3H3/t24-,25-,27-,29-,31+,32+,33-,34-,35-,36+/m0/s1. The van der Waals surface area contributed by atoms with Gasteiger partial charge in [-0.05, 0) is 73.9 Å². The average molecular weight is 621 g/mol. The third kappa shape index (κ3) is 4.00. The van der Waals surface area contributed by atoms with Gasteiger partial charge in [-0.1, -0.05) is 55.0 Å². The monoisotopic (exact) mass is 620 g/mol. The van der Waals surface area contributed by atoms with Crippen molar-refractivity contribution in [2.45, 2.75) is 82.4 Å². The lowest BCUT2D eigenvalue weighted by atomic mass is 9.44. The molecule has 0 bridgehead atoms. The molecule has 7 nitrogen and oxygen atoms in total. The number of aliphatic hydroxyl groups excluding tert-OH is 2. The maximum Gasteiger partial charge on any atom is 0.193 e. The predicted octanol–water partition coefficient (Wildman–Crippen LogP) is 4.93. The molecule has 1 heterocycles. The third-order valence-corrected chi connectivity index (χ3v) is 11.8. The first-order chi connectivity index (χ1) is 21.3. The molecule has 9 heteroatoms. The number of ether oxygens (including phenoxy) is 2. The van der Waals surface area contributed by atoms with E-state index in [1.165, 1.54) is 25.1 Å². The van der Waals surface area contributed by atoms with Crippen LogP contribution in [0.2, 0.25) is 0 Å². The van der Waals surface area contributed by atoms with Crippen molar-refractivity contribution < 1.29 is 43.2 Å². The largest absolute Gasteiger partial charge is 0.508 e. The molecule has 7 rings (SSSR count). The fourth-order valence-electron chi connectivity index (χ4n) is 9.63. The van der Waals surface area contributed by atoms with Crippen molar-refractivity contribution in [2.75, 3.05) is 6.61 Å². The minimum absolute atomic E-state index is 0.0222. The molecule has 4 aliphatic carbocycles. The molecule has 2 aromatic carbocycles. The van der Waals surface area contributed by atoms with Gasteiger partial charge in [0, 0.05) is 28.7 Å². The lowest BCUT2D eigenvalue weighted by molar-refractivity contribution is -0.235. The van der Waals surface area contributed by atoms with E-state index in [0.717, 1.165) is 17.2 Å². The molecule has 238 valence electrons. The number of phenols is 1. The number of hydrogen-bond acceptors (Lipinski definition) is 7. The number of rotatable bonds is 5. The first-order valence-electron chi connectivity index (χ1n) is 15.6. The van der Waals surface area contributed by atoms with E-state index in [9.17, 15) is 24.9 Å². The third-order valence-electron chi connectivity index (χ3n) is 11.8. The summed E-state index contributed by atoms with van der Waals surface area (Å²) in [4.78, 5) is 25.9. The van der Waals surface area contributed by atoms with Gasteiger partial charge < -0.3 is 24.8 Å². The summed E-state index contributed by atoms with van der Waals surface area (Å²) in [5, 5.41) is 32.8. The van der Waals surface area contributed by atoms with Crippen LogP contribution in [0.25, 0.3) is 0 Å². The Morgan fingerprint density at radius 3 is 2.60 bits per heavy atom. The number of ketones is 2. The summed E-state index contributed by atoms with van der Waals surface area (Å²) < 4.78 is 46.3.